The van der Waals surface area contributed by atoms with Gasteiger partial charge in [0.2, 0.25) is 0 Å². The van der Waals surface area contributed by atoms with Gasteiger partial charge in [-0.05, 0) is 18.2 Å². The Kier molecular flexibility index (Phi) is 9.31. The summed E-state index contributed by atoms with van der Waals surface area (Å²) in [7, 11) is 0. The number of aromatic hydroxyl groups is 2. The minimum absolute atomic E-state index is 0.180. The van der Waals surface area contributed by atoms with Crippen LogP contribution >= 0.6 is 0 Å². The van der Waals surface area contributed by atoms with Gasteiger partial charge in [-0.3, -0.25) is 0 Å². The number of benzene rings is 1. The highest BCUT2D eigenvalue weighted by molar-refractivity contribution is 5.91. The van der Waals surface area contributed by atoms with Crippen LogP contribution in [0.5, 0.6) is 11.5 Å². The van der Waals surface area contributed by atoms with Gasteiger partial charge in [0, 0.05) is 0 Å². The van der Waals surface area contributed by atoms with Crippen molar-refractivity contribution in [2.45, 2.75) is 52.4 Å². The van der Waals surface area contributed by atoms with Crippen molar-refractivity contribution >= 4 is 5.97 Å². The Morgan fingerprint density at radius 3 is 1.89 bits per heavy atom. The lowest BCUT2D eigenvalue weighted by Crippen LogP contribution is -1.95. The monoisotopic (exact) mass is 268 g/mol. The molecule has 0 radical (unpaired) electrons. The van der Waals surface area contributed by atoms with E-state index in [1.54, 1.807) is 0 Å². The SMILES string of the molecule is CCCCCCCC.O=C(O)c1cc(O)ccc1O. The maximum Gasteiger partial charge on any atom is 0.339 e. The molecule has 1 aromatic rings. The fourth-order valence-corrected chi connectivity index (χ4v) is 1.55. The third-order valence-corrected chi connectivity index (χ3v) is 2.67. The number of carboxylic acid groups (broad SMARTS) is 1. The Balaban J connectivity index is 0.000000362. The van der Waals surface area contributed by atoms with Crippen molar-refractivity contribution in [2.24, 2.45) is 0 Å². The molecule has 0 heterocycles. The first kappa shape index (κ1) is 17.3. The van der Waals surface area contributed by atoms with Gasteiger partial charge in [0.1, 0.15) is 17.1 Å². The minimum Gasteiger partial charge on any atom is -0.508 e. The van der Waals surface area contributed by atoms with Crippen LogP contribution in [0.2, 0.25) is 0 Å². The van der Waals surface area contributed by atoms with E-state index in [0.29, 0.717) is 0 Å². The molecular weight excluding hydrogens is 244 g/mol. The summed E-state index contributed by atoms with van der Waals surface area (Å²) in [5, 5.41) is 26.1. The minimum atomic E-state index is -1.27. The van der Waals surface area contributed by atoms with Crippen LogP contribution in [0.4, 0.5) is 0 Å². The normalized spacial score (nSPS) is 9.58. The largest absolute Gasteiger partial charge is 0.508 e. The Bertz CT molecular complexity index is 368. The third-order valence-electron chi connectivity index (χ3n) is 2.67. The molecule has 0 fully saturated rings. The molecule has 0 unspecified atom stereocenters. The summed E-state index contributed by atoms with van der Waals surface area (Å²) in [4.78, 5) is 10.3. The molecule has 4 nitrogen and oxygen atoms in total. The number of phenols is 2. The molecule has 4 heteroatoms. The molecular formula is C15H24O4. The zero-order valence-corrected chi connectivity index (χ0v) is 11.7. The third kappa shape index (κ3) is 8.08. The second-order valence-electron chi connectivity index (χ2n) is 4.42. The van der Waals surface area contributed by atoms with Gasteiger partial charge in [-0.15, -0.1) is 0 Å². The Morgan fingerprint density at radius 2 is 1.53 bits per heavy atom. The fourth-order valence-electron chi connectivity index (χ4n) is 1.55. The van der Waals surface area contributed by atoms with Crippen LogP contribution < -0.4 is 0 Å². The maximum atomic E-state index is 10.3. The van der Waals surface area contributed by atoms with E-state index in [4.69, 9.17) is 15.3 Å². The number of unbranched alkanes of at least 4 members (excludes halogenated alkanes) is 5. The molecule has 0 saturated heterocycles. The van der Waals surface area contributed by atoms with Crippen LogP contribution in [0.1, 0.15) is 62.7 Å². The molecule has 0 aliphatic heterocycles. The number of aromatic carboxylic acids is 1. The van der Waals surface area contributed by atoms with Crippen molar-refractivity contribution in [3.8, 4) is 11.5 Å². The van der Waals surface area contributed by atoms with E-state index in [1.807, 2.05) is 0 Å². The second kappa shape index (κ2) is 10.2. The number of phenolic OH excluding ortho intramolecular Hbond substituents is 1. The van der Waals surface area contributed by atoms with Crippen molar-refractivity contribution in [3.05, 3.63) is 23.8 Å². The van der Waals surface area contributed by atoms with E-state index in [1.165, 1.54) is 44.6 Å². The summed E-state index contributed by atoms with van der Waals surface area (Å²) in [6, 6.07) is 3.32. The Hall–Kier alpha value is -1.71. The fraction of sp³-hybridized carbons (Fsp3) is 0.533. The van der Waals surface area contributed by atoms with E-state index < -0.39 is 5.97 Å². The summed E-state index contributed by atoms with van der Waals surface area (Å²) in [6.45, 7) is 4.51. The average Bonchev–Trinajstić information content (AvgIpc) is 2.38. The summed E-state index contributed by atoms with van der Waals surface area (Å²) in [6.07, 6.45) is 8.49. The van der Waals surface area contributed by atoms with E-state index in [2.05, 4.69) is 13.8 Å². The predicted octanol–water partition coefficient (Wildman–Crippen LogP) is 4.16. The van der Waals surface area contributed by atoms with E-state index >= 15 is 0 Å². The van der Waals surface area contributed by atoms with Crippen LogP contribution in [0.15, 0.2) is 18.2 Å². The summed E-state index contributed by atoms with van der Waals surface area (Å²) in [5.74, 6) is -1.80. The van der Waals surface area contributed by atoms with Crippen LogP contribution in [0, 0.1) is 0 Å². The molecule has 0 aliphatic rings. The van der Waals surface area contributed by atoms with Crippen LogP contribution in [-0.2, 0) is 0 Å². The standard InChI is InChI=1S/C8H18.C7H6O4/c1-3-5-7-8-6-4-2;8-4-1-2-6(9)5(3-4)7(10)11/h3-8H2,1-2H3;1-3,8-9H,(H,10,11). The molecule has 19 heavy (non-hydrogen) atoms. The molecule has 1 aromatic carbocycles. The molecule has 0 aromatic heterocycles. The molecule has 0 amide bonds. The van der Waals surface area contributed by atoms with E-state index in [-0.39, 0.29) is 17.1 Å². The van der Waals surface area contributed by atoms with Gasteiger partial charge >= 0.3 is 5.97 Å². The first-order valence-electron chi connectivity index (χ1n) is 6.78. The summed E-state index contributed by atoms with van der Waals surface area (Å²) >= 11 is 0. The van der Waals surface area contributed by atoms with E-state index in [9.17, 15) is 4.79 Å². The first-order chi connectivity index (χ1) is 9.02. The van der Waals surface area contributed by atoms with E-state index in [0.717, 1.165) is 12.1 Å². The number of hydrogen-bond donors (Lipinski definition) is 3. The van der Waals surface area contributed by atoms with Crippen molar-refractivity contribution in [3.63, 3.8) is 0 Å². The maximum absolute atomic E-state index is 10.3. The highest BCUT2D eigenvalue weighted by Gasteiger charge is 2.08. The smallest absolute Gasteiger partial charge is 0.339 e. The van der Waals surface area contributed by atoms with Gasteiger partial charge < -0.3 is 15.3 Å². The predicted molar refractivity (Wildman–Crippen MR) is 75.8 cm³/mol. The highest BCUT2D eigenvalue weighted by Crippen LogP contribution is 2.21. The van der Waals surface area contributed by atoms with Crippen molar-refractivity contribution in [1.29, 1.82) is 0 Å². The Morgan fingerprint density at radius 1 is 1.00 bits per heavy atom. The first-order valence-corrected chi connectivity index (χ1v) is 6.78. The number of rotatable bonds is 6. The van der Waals surface area contributed by atoms with Gasteiger partial charge in [-0.2, -0.15) is 0 Å². The van der Waals surface area contributed by atoms with Gasteiger partial charge in [-0.25, -0.2) is 4.79 Å². The number of carboxylic acids is 1. The van der Waals surface area contributed by atoms with Crippen LogP contribution in [0.3, 0.4) is 0 Å². The lowest BCUT2D eigenvalue weighted by atomic mass is 10.1. The van der Waals surface area contributed by atoms with Crippen molar-refractivity contribution in [1.82, 2.24) is 0 Å². The second-order valence-corrected chi connectivity index (χ2v) is 4.42. The zero-order valence-electron chi connectivity index (χ0n) is 11.7. The number of carbonyl (C=O) groups is 1. The molecule has 1 rings (SSSR count). The van der Waals surface area contributed by atoms with Crippen molar-refractivity contribution in [2.75, 3.05) is 0 Å². The summed E-state index contributed by atoms with van der Waals surface area (Å²) < 4.78 is 0. The van der Waals surface area contributed by atoms with Crippen LogP contribution in [0.25, 0.3) is 0 Å². The average molecular weight is 268 g/mol. The lowest BCUT2D eigenvalue weighted by molar-refractivity contribution is 0.0693. The van der Waals surface area contributed by atoms with Gasteiger partial charge in [-0.1, -0.05) is 52.4 Å². The molecule has 0 bridgehead atoms. The Labute approximate surface area is 114 Å². The number of hydrogen-bond acceptors (Lipinski definition) is 3. The molecule has 3 N–H and O–H groups in total. The van der Waals surface area contributed by atoms with Crippen LogP contribution in [-0.4, -0.2) is 21.3 Å². The quantitative estimate of drug-likeness (QED) is 0.534. The van der Waals surface area contributed by atoms with Gasteiger partial charge in [0.05, 0.1) is 0 Å². The molecule has 0 aliphatic carbocycles. The summed E-state index contributed by atoms with van der Waals surface area (Å²) in [5.41, 5.74) is -0.301. The van der Waals surface area contributed by atoms with Crippen molar-refractivity contribution < 1.29 is 20.1 Å². The van der Waals surface area contributed by atoms with Gasteiger partial charge in [0.25, 0.3) is 0 Å². The lowest BCUT2D eigenvalue weighted by Gasteiger charge is -1.98. The molecule has 0 saturated carbocycles. The topological polar surface area (TPSA) is 77.8 Å². The highest BCUT2D eigenvalue weighted by atomic mass is 16.4. The molecule has 0 spiro atoms. The molecule has 108 valence electrons. The molecule has 0 atom stereocenters. The zero-order chi connectivity index (χ0) is 14.7. The van der Waals surface area contributed by atoms with Gasteiger partial charge in [0.15, 0.2) is 0 Å².